The number of hydrogen-bond acceptors (Lipinski definition) is 6. The molecule has 0 saturated heterocycles. The number of nitrogens with zero attached hydrogens (tertiary/aromatic N) is 3. The summed E-state index contributed by atoms with van der Waals surface area (Å²) in [7, 11) is 1.54. The Hall–Kier alpha value is -1.64. The molecular weight excluding hydrogens is 251 g/mol. The number of anilines is 2. The molecular formula is C9H14F3N5O. The molecule has 18 heavy (non-hydrogen) atoms. The highest BCUT2D eigenvalue weighted by Crippen LogP contribution is 2.26. The fraction of sp³-hybridized carbons (Fsp3) is 0.667. The molecule has 0 amide bonds. The molecule has 1 unspecified atom stereocenters. The Morgan fingerprint density at radius 1 is 1.33 bits per heavy atom. The number of aromatic nitrogens is 3. The van der Waals surface area contributed by atoms with Gasteiger partial charge in [-0.25, -0.2) is 0 Å². The maximum absolute atomic E-state index is 12.4. The van der Waals surface area contributed by atoms with Crippen LogP contribution in [0.4, 0.5) is 25.1 Å². The van der Waals surface area contributed by atoms with E-state index in [0.29, 0.717) is 13.2 Å². The molecule has 0 bridgehead atoms. The van der Waals surface area contributed by atoms with E-state index in [1.165, 1.54) is 0 Å². The Morgan fingerprint density at radius 3 is 2.56 bits per heavy atom. The van der Waals surface area contributed by atoms with Gasteiger partial charge in [0.05, 0.1) is 6.61 Å². The average molecular weight is 265 g/mol. The van der Waals surface area contributed by atoms with Crippen LogP contribution in [0.2, 0.25) is 0 Å². The van der Waals surface area contributed by atoms with Gasteiger partial charge in [0, 0.05) is 13.7 Å². The highest BCUT2D eigenvalue weighted by Gasteiger charge is 2.35. The second-order valence-electron chi connectivity index (χ2n) is 3.78. The minimum Gasteiger partial charge on any atom is -0.384 e. The van der Waals surface area contributed by atoms with Gasteiger partial charge in [-0.2, -0.15) is 28.1 Å². The molecule has 1 rings (SSSR count). The third-order valence-electron chi connectivity index (χ3n) is 1.97. The third kappa shape index (κ3) is 4.32. The normalized spacial score (nSPS) is 13.4. The molecule has 1 heterocycles. The van der Waals surface area contributed by atoms with E-state index in [9.17, 15) is 13.2 Å². The molecule has 0 aliphatic rings. The summed E-state index contributed by atoms with van der Waals surface area (Å²) < 4.78 is 42.1. The zero-order valence-electron chi connectivity index (χ0n) is 9.95. The SMILES string of the molecule is COCC(C)CNc1nc(N)nc(C(F)(F)F)n1. The molecule has 0 spiro atoms. The van der Waals surface area contributed by atoms with Gasteiger partial charge < -0.3 is 15.8 Å². The molecule has 3 N–H and O–H groups in total. The van der Waals surface area contributed by atoms with Crippen molar-refractivity contribution in [3.63, 3.8) is 0 Å². The summed E-state index contributed by atoms with van der Waals surface area (Å²) in [4.78, 5) is 9.88. The first-order valence-corrected chi connectivity index (χ1v) is 5.14. The number of halogens is 3. The van der Waals surface area contributed by atoms with Gasteiger partial charge in [-0.05, 0) is 5.92 Å². The lowest BCUT2D eigenvalue weighted by Gasteiger charge is -2.12. The number of nitrogen functional groups attached to an aromatic ring is 1. The van der Waals surface area contributed by atoms with Crippen LogP contribution < -0.4 is 11.1 Å². The Morgan fingerprint density at radius 2 is 2.00 bits per heavy atom. The van der Waals surface area contributed by atoms with Crippen molar-refractivity contribution >= 4 is 11.9 Å². The van der Waals surface area contributed by atoms with Crippen LogP contribution in [0, 0.1) is 5.92 Å². The number of ether oxygens (including phenoxy) is 1. The van der Waals surface area contributed by atoms with Crippen LogP contribution in [-0.2, 0) is 10.9 Å². The van der Waals surface area contributed by atoms with Gasteiger partial charge in [-0.1, -0.05) is 6.92 Å². The van der Waals surface area contributed by atoms with Crippen molar-refractivity contribution in [2.75, 3.05) is 31.3 Å². The van der Waals surface area contributed by atoms with Crippen molar-refractivity contribution < 1.29 is 17.9 Å². The minimum absolute atomic E-state index is 0.0994. The Labute approximate surface area is 102 Å². The van der Waals surface area contributed by atoms with Gasteiger partial charge in [-0.3, -0.25) is 0 Å². The maximum Gasteiger partial charge on any atom is 0.451 e. The average Bonchev–Trinajstić information content (AvgIpc) is 2.25. The zero-order valence-corrected chi connectivity index (χ0v) is 9.95. The van der Waals surface area contributed by atoms with Crippen molar-refractivity contribution in [1.82, 2.24) is 15.0 Å². The predicted molar refractivity (Wildman–Crippen MR) is 58.8 cm³/mol. The molecule has 0 aliphatic carbocycles. The van der Waals surface area contributed by atoms with Crippen molar-refractivity contribution in [1.29, 1.82) is 0 Å². The fourth-order valence-corrected chi connectivity index (χ4v) is 1.21. The van der Waals surface area contributed by atoms with Crippen LogP contribution in [0.15, 0.2) is 0 Å². The molecule has 0 aromatic carbocycles. The number of nitrogens with one attached hydrogen (secondary N) is 1. The standard InChI is InChI=1S/C9H14F3N5O/c1-5(4-18-2)3-14-8-16-6(9(10,11)12)15-7(13)17-8/h5H,3-4H2,1-2H3,(H3,13,14,15,16,17). The van der Waals surface area contributed by atoms with E-state index in [0.717, 1.165) is 0 Å². The third-order valence-corrected chi connectivity index (χ3v) is 1.97. The van der Waals surface area contributed by atoms with Crippen LogP contribution in [0.25, 0.3) is 0 Å². The number of rotatable bonds is 5. The Kier molecular flexibility index (Phi) is 4.65. The summed E-state index contributed by atoms with van der Waals surface area (Å²) in [5, 5.41) is 2.66. The van der Waals surface area contributed by atoms with E-state index < -0.39 is 17.9 Å². The predicted octanol–water partition coefficient (Wildman–Crippen LogP) is 1.17. The first kappa shape index (κ1) is 14.4. The van der Waals surface area contributed by atoms with Gasteiger partial charge in [0.2, 0.25) is 17.7 Å². The van der Waals surface area contributed by atoms with Crippen LogP contribution in [0.5, 0.6) is 0 Å². The van der Waals surface area contributed by atoms with E-state index in [1.54, 1.807) is 7.11 Å². The molecule has 1 aromatic rings. The Bertz CT molecular complexity index is 398. The van der Waals surface area contributed by atoms with Crippen LogP contribution in [-0.4, -0.2) is 35.2 Å². The molecule has 0 aliphatic heterocycles. The lowest BCUT2D eigenvalue weighted by atomic mass is 10.2. The van der Waals surface area contributed by atoms with E-state index in [2.05, 4.69) is 20.3 Å². The number of alkyl halides is 3. The van der Waals surface area contributed by atoms with E-state index >= 15 is 0 Å². The molecule has 0 saturated carbocycles. The molecule has 6 nitrogen and oxygen atoms in total. The Balaban J connectivity index is 2.75. The molecule has 102 valence electrons. The van der Waals surface area contributed by atoms with Crippen LogP contribution in [0.1, 0.15) is 12.7 Å². The molecule has 9 heteroatoms. The highest BCUT2D eigenvalue weighted by molar-refractivity contribution is 5.31. The monoisotopic (exact) mass is 265 g/mol. The first-order chi connectivity index (χ1) is 8.32. The van der Waals surface area contributed by atoms with Gasteiger partial charge in [0.15, 0.2) is 0 Å². The van der Waals surface area contributed by atoms with Gasteiger partial charge in [0.1, 0.15) is 0 Å². The van der Waals surface area contributed by atoms with E-state index in [-0.39, 0.29) is 11.9 Å². The number of nitrogens with two attached hydrogens (primary N) is 1. The fourth-order valence-electron chi connectivity index (χ4n) is 1.21. The van der Waals surface area contributed by atoms with Crippen LogP contribution in [0.3, 0.4) is 0 Å². The summed E-state index contributed by atoms with van der Waals surface area (Å²) >= 11 is 0. The maximum atomic E-state index is 12.4. The van der Waals surface area contributed by atoms with Gasteiger partial charge in [-0.15, -0.1) is 0 Å². The van der Waals surface area contributed by atoms with E-state index in [1.807, 2.05) is 6.92 Å². The zero-order chi connectivity index (χ0) is 13.8. The number of methoxy groups -OCH3 is 1. The highest BCUT2D eigenvalue weighted by atomic mass is 19.4. The summed E-state index contributed by atoms with van der Waals surface area (Å²) in [6.45, 7) is 2.71. The topological polar surface area (TPSA) is 86.0 Å². The second kappa shape index (κ2) is 5.80. The minimum atomic E-state index is -4.65. The van der Waals surface area contributed by atoms with Crippen molar-refractivity contribution in [3.8, 4) is 0 Å². The van der Waals surface area contributed by atoms with Crippen molar-refractivity contribution in [2.45, 2.75) is 13.1 Å². The van der Waals surface area contributed by atoms with E-state index in [4.69, 9.17) is 10.5 Å². The van der Waals surface area contributed by atoms with Crippen LogP contribution >= 0.6 is 0 Å². The molecule has 1 aromatic heterocycles. The van der Waals surface area contributed by atoms with Gasteiger partial charge in [0.25, 0.3) is 0 Å². The van der Waals surface area contributed by atoms with Crippen molar-refractivity contribution in [3.05, 3.63) is 5.82 Å². The smallest absolute Gasteiger partial charge is 0.384 e. The molecule has 1 atom stereocenters. The van der Waals surface area contributed by atoms with Crippen molar-refractivity contribution in [2.24, 2.45) is 5.92 Å². The number of hydrogen-bond donors (Lipinski definition) is 2. The lowest BCUT2D eigenvalue weighted by Crippen LogP contribution is -2.20. The quantitative estimate of drug-likeness (QED) is 0.831. The molecule has 0 radical (unpaired) electrons. The lowest BCUT2D eigenvalue weighted by molar-refractivity contribution is -0.144. The first-order valence-electron chi connectivity index (χ1n) is 5.14. The summed E-state index contributed by atoms with van der Waals surface area (Å²) in [5.41, 5.74) is 5.19. The summed E-state index contributed by atoms with van der Waals surface area (Å²) in [6.07, 6.45) is -4.65. The summed E-state index contributed by atoms with van der Waals surface area (Å²) in [5.74, 6) is -1.88. The molecule has 0 fully saturated rings. The largest absolute Gasteiger partial charge is 0.451 e. The van der Waals surface area contributed by atoms with Gasteiger partial charge >= 0.3 is 6.18 Å². The second-order valence-corrected chi connectivity index (χ2v) is 3.78. The summed E-state index contributed by atoms with van der Waals surface area (Å²) in [6, 6.07) is 0.